The first kappa shape index (κ1) is 40.7. The molecule has 5 aromatic carbocycles. The summed E-state index contributed by atoms with van der Waals surface area (Å²) >= 11 is 4.60. The maximum absolute atomic E-state index is 14.2. The number of ether oxygens (including phenoxy) is 4. The molecule has 316 valence electrons. The van der Waals surface area contributed by atoms with Crippen LogP contribution >= 0.6 is 12.6 Å². The lowest BCUT2D eigenvalue weighted by Crippen LogP contribution is -2.48. The third-order valence-electron chi connectivity index (χ3n) is 11.6. The molecule has 4 aliphatic rings. The van der Waals surface area contributed by atoms with Crippen LogP contribution in [0.15, 0.2) is 108 Å². The summed E-state index contributed by atoms with van der Waals surface area (Å²) in [4.78, 5) is 49.7. The largest absolute Gasteiger partial charge is 0.493 e. The van der Waals surface area contributed by atoms with E-state index in [0.717, 1.165) is 39.3 Å². The highest BCUT2D eigenvalue weighted by molar-refractivity contribution is 7.81. The number of methoxy groups -OCH3 is 2. The fraction of sp³-hybridized carbons (Fsp3) is 0.265. The lowest BCUT2D eigenvalue weighted by atomic mass is 9.98. The van der Waals surface area contributed by atoms with E-state index in [0.29, 0.717) is 70.4 Å². The molecular weight excluding hydrogens is 803 g/mol. The summed E-state index contributed by atoms with van der Waals surface area (Å²) in [5.41, 5.74) is 8.13. The maximum atomic E-state index is 14.2. The van der Waals surface area contributed by atoms with Crippen LogP contribution < -0.4 is 39.4 Å². The number of aliphatic imine (C=N–C) groups is 1. The van der Waals surface area contributed by atoms with Gasteiger partial charge in [0.15, 0.2) is 23.0 Å². The number of nitrogens with one attached hydrogen (secondary N) is 2. The monoisotopic (exact) mass is 849 g/mol. The molecule has 2 N–H and O–H groups in total. The van der Waals surface area contributed by atoms with Gasteiger partial charge in [-0.05, 0) is 78.1 Å². The minimum Gasteiger partial charge on any atom is -0.493 e. The minimum absolute atomic E-state index is 0.0902. The number of carbonyl (C=O) groups excluding carboxylic acids is 3. The van der Waals surface area contributed by atoms with Gasteiger partial charge in [-0.15, -0.1) is 0 Å². The molecule has 5 aromatic rings. The number of hydrogen-bond donors (Lipinski definition) is 3. The Bertz CT molecular complexity index is 2720. The van der Waals surface area contributed by atoms with E-state index in [2.05, 4.69) is 23.3 Å². The molecule has 0 bridgehead atoms. The second-order valence-corrected chi connectivity index (χ2v) is 18.0. The Hall–Kier alpha value is -6.73. The van der Waals surface area contributed by atoms with Crippen molar-refractivity contribution in [3.8, 4) is 23.0 Å². The number of benzene rings is 5. The van der Waals surface area contributed by atoms with Crippen LogP contribution in [0.2, 0.25) is 0 Å². The van der Waals surface area contributed by atoms with Gasteiger partial charge in [0.25, 0.3) is 11.8 Å². The topological polar surface area (TPSA) is 131 Å². The third-order valence-corrected chi connectivity index (χ3v) is 11.8. The third kappa shape index (κ3) is 7.72. The number of hydrogen-bond acceptors (Lipinski definition) is 10. The van der Waals surface area contributed by atoms with Gasteiger partial charge in [-0.3, -0.25) is 29.2 Å². The Morgan fingerprint density at radius 3 is 2.16 bits per heavy atom. The van der Waals surface area contributed by atoms with E-state index in [4.69, 9.17) is 23.9 Å². The molecule has 0 aromatic heterocycles. The molecule has 0 aliphatic carbocycles. The van der Waals surface area contributed by atoms with Crippen molar-refractivity contribution in [1.29, 1.82) is 0 Å². The van der Waals surface area contributed by atoms with Gasteiger partial charge in [0.2, 0.25) is 5.91 Å². The summed E-state index contributed by atoms with van der Waals surface area (Å²) in [6, 6.07) is 28.3. The predicted molar refractivity (Wildman–Crippen MR) is 244 cm³/mol. The van der Waals surface area contributed by atoms with Gasteiger partial charge in [0, 0.05) is 65.6 Å². The molecule has 1 atom stereocenters. The minimum atomic E-state index is -0.627. The molecule has 62 heavy (non-hydrogen) atoms. The van der Waals surface area contributed by atoms with Crippen LogP contribution in [0.3, 0.4) is 0 Å². The Morgan fingerprint density at radius 2 is 1.47 bits per heavy atom. The van der Waals surface area contributed by atoms with Crippen molar-refractivity contribution in [3.63, 3.8) is 0 Å². The highest BCUT2D eigenvalue weighted by Gasteiger charge is 2.45. The summed E-state index contributed by atoms with van der Waals surface area (Å²) in [5, 5.41) is 6.37. The van der Waals surface area contributed by atoms with Crippen molar-refractivity contribution in [2.45, 2.75) is 70.0 Å². The van der Waals surface area contributed by atoms with Gasteiger partial charge in [-0.25, -0.2) is 0 Å². The van der Waals surface area contributed by atoms with Crippen LogP contribution in [0.5, 0.6) is 23.0 Å². The molecule has 13 heteroatoms. The van der Waals surface area contributed by atoms with Crippen LogP contribution in [-0.4, -0.2) is 48.4 Å². The summed E-state index contributed by atoms with van der Waals surface area (Å²) in [6.45, 7) is 6.15. The van der Waals surface area contributed by atoms with Gasteiger partial charge < -0.3 is 29.6 Å². The van der Waals surface area contributed by atoms with Crippen molar-refractivity contribution in [3.05, 3.63) is 136 Å². The van der Waals surface area contributed by atoms with Crippen LogP contribution in [-0.2, 0) is 30.8 Å². The second kappa shape index (κ2) is 15.9. The molecule has 0 spiro atoms. The van der Waals surface area contributed by atoms with E-state index in [1.54, 1.807) is 29.2 Å². The number of para-hydroxylation sites is 2. The zero-order valence-electron chi connectivity index (χ0n) is 35.2. The number of rotatable bonds is 12. The van der Waals surface area contributed by atoms with E-state index in [1.807, 2.05) is 105 Å². The quantitative estimate of drug-likeness (QED) is 0.106. The van der Waals surface area contributed by atoms with E-state index in [-0.39, 0.29) is 42.1 Å². The van der Waals surface area contributed by atoms with Crippen LogP contribution in [0.25, 0.3) is 0 Å². The van der Waals surface area contributed by atoms with E-state index < -0.39 is 5.54 Å². The number of amides is 3. The summed E-state index contributed by atoms with van der Waals surface area (Å²) in [5.74, 6) is 1.14. The number of nitrogens with zero attached hydrogens (tertiary/aromatic N) is 3. The number of allylic oxidation sites excluding steroid dienone is 1. The van der Waals surface area contributed by atoms with E-state index in [9.17, 15) is 14.4 Å². The first-order valence-electron chi connectivity index (χ1n) is 20.5. The standard InChI is InChI=1S/C49H47N5O7S/c1-48(2,62)15-14-45(55)52-33-17-29(26-60-43-22-37-35(20-41(43)58-4)46(56)53-34(25-50-37)19-31-10-6-8-12-39(31)53)16-30(18-33)27-61-44-23-38-36(21-42(44)59-5)47(57)54-40-13-9-7-11-32(40)24-49(54,3)28-51-38/h6-13,16-18,20-23,25,28,50,62H,14-15,19,24,26-27H2,1-5H3,(H,52,55). The molecule has 9 rings (SSSR count). The fourth-order valence-electron chi connectivity index (χ4n) is 8.53. The predicted octanol–water partition coefficient (Wildman–Crippen LogP) is 9.44. The zero-order chi connectivity index (χ0) is 43.3. The van der Waals surface area contributed by atoms with Crippen molar-refractivity contribution in [2.24, 2.45) is 4.99 Å². The van der Waals surface area contributed by atoms with Crippen LogP contribution in [0.1, 0.15) is 76.6 Å². The maximum Gasteiger partial charge on any atom is 0.264 e. The van der Waals surface area contributed by atoms with Gasteiger partial charge >= 0.3 is 0 Å². The van der Waals surface area contributed by atoms with Crippen molar-refractivity contribution in [2.75, 3.05) is 34.7 Å². The summed E-state index contributed by atoms with van der Waals surface area (Å²) in [7, 11) is 3.07. The Kier molecular flexibility index (Phi) is 10.5. The average molecular weight is 850 g/mol. The van der Waals surface area contributed by atoms with Crippen molar-refractivity contribution >= 4 is 65.0 Å². The van der Waals surface area contributed by atoms with Crippen LogP contribution in [0, 0.1) is 0 Å². The Morgan fingerprint density at radius 1 is 0.823 bits per heavy atom. The average Bonchev–Trinajstić information content (AvgIpc) is 3.71. The van der Waals surface area contributed by atoms with Gasteiger partial charge in [-0.2, -0.15) is 12.6 Å². The molecule has 0 saturated heterocycles. The SMILES string of the molecule is COc1cc2c(cc1OCc1cc(COc3cc4c(cc3OC)C(=O)N3C(=CN4)Cc4ccccc43)cc(NC(=O)CCC(C)(C)S)c1)N=CC1(C)Cc3ccccc3N1C2=O. The molecule has 0 radical (unpaired) electrons. The van der Waals surface area contributed by atoms with Crippen molar-refractivity contribution < 1.29 is 33.3 Å². The fourth-order valence-corrected chi connectivity index (χ4v) is 8.64. The molecule has 3 amide bonds. The lowest BCUT2D eigenvalue weighted by molar-refractivity contribution is -0.116. The number of anilines is 4. The molecule has 4 heterocycles. The number of carbonyl (C=O) groups is 3. The van der Waals surface area contributed by atoms with Crippen molar-refractivity contribution in [1.82, 2.24) is 0 Å². The van der Waals surface area contributed by atoms with E-state index >= 15 is 0 Å². The van der Waals surface area contributed by atoms with Gasteiger partial charge in [-0.1, -0.05) is 50.2 Å². The summed E-state index contributed by atoms with van der Waals surface area (Å²) < 4.78 is 24.1. The smallest absolute Gasteiger partial charge is 0.264 e. The van der Waals surface area contributed by atoms with Crippen LogP contribution in [0.4, 0.5) is 28.4 Å². The van der Waals surface area contributed by atoms with Gasteiger partial charge in [0.1, 0.15) is 13.2 Å². The molecular formula is C49H47N5O7S. The lowest BCUT2D eigenvalue weighted by Gasteiger charge is -2.31. The number of fused-ring (bicyclic) bond motifs is 8. The Labute approximate surface area is 365 Å². The zero-order valence-corrected chi connectivity index (χ0v) is 36.1. The number of thiol groups is 1. The molecule has 12 nitrogen and oxygen atoms in total. The molecule has 4 aliphatic heterocycles. The molecule has 0 saturated carbocycles. The first-order valence-corrected chi connectivity index (χ1v) is 21.0. The highest BCUT2D eigenvalue weighted by atomic mass is 32.1. The first-order chi connectivity index (χ1) is 29.8. The highest BCUT2D eigenvalue weighted by Crippen LogP contribution is 2.45. The van der Waals surface area contributed by atoms with Gasteiger partial charge in [0.05, 0.1) is 47.9 Å². The molecule has 0 fully saturated rings. The normalized spacial score (nSPS) is 17.0. The second-order valence-electron chi connectivity index (χ2n) is 16.8. The van der Waals surface area contributed by atoms with E-state index in [1.165, 1.54) is 14.2 Å². The summed E-state index contributed by atoms with van der Waals surface area (Å²) in [6.07, 6.45) is 5.86. The molecule has 1 unspecified atom stereocenters. The Balaban J connectivity index is 0.979.